The molecule has 0 amide bonds. The van der Waals surface area contributed by atoms with Gasteiger partial charge in [0.05, 0.1) is 0 Å². The molecule has 0 saturated carbocycles. The van der Waals surface area contributed by atoms with Crippen molar-refractivity contribution in [2.45, 2.75) is 13.8 Å². The summed E-state index contributed by atoms with van der Waals surface area (Å²) in [5.74, 6) is 0. The molecule has 0 aliphatic heterocycles. The van der Waals surface area contributed by atoms with Crippen LogP contribution >= 0.6 is 23.8 Å². The predicted octanol–water partition coefficient (Wildman–Crippen LogP) is 4.10. The molecule has 0 atom stereocenters. The molecule has 2 rings (SSSR count). The quantitative estimate of drug-likeness (QED) is 0.565. The number of hydrogen-bond donors (Lipinski definition) is 1. The maximum Gasteiger partial charge on any atom is 0.198 e. The van der Waals surface area contributed by atoms with E-state index in [1.54, 1.807) is 6.07 Å². The Morgan fingerprint density at radius 1 is 1.19 bits per heavy atom. The molecule has 0 unspecified atom stereocenters. The molecule has 84 valence electrons. The first-order chi connectivity index (χ1) is 7.58. The monoisotopic (exact) mass is 252 g/mol. The fourth-order valence-corrected chi connectivity index (χ4v) is 1.63. The van der Waals surface area contributed by atoms with Crippen LogP contribution in [0.3, 0.4) is 0 Å². The number of nitrogens with zero attached hydrogens (tertiary/aromatic N) is 1. The number of H-pyrrole nitrogens is 1. The van der Waals surface area contributed by atoms with Crippen molar-refractivity contribution in [1.82, 2.24) is 9.97 Å². The van der Waals surface area contributed by atoms with Crippen molar-refractivity contribution >= 4 is 23.8 Å². The van der Waals surface area contributed by atoms with Crippen LogP contribution in [-0.2, 0) is 0 Å². The van der Waals surface area contributed by atoms with Crippen molar-refractivity contribution in [2.24, 2.45) is 0 Å². The first-order valence-corrected chi connectivity index (χ1v) is 5.61. The molecule has 0 aliphatic carbocycles. The van der Waals surface area contributed by atoms with Gasteiger partial charge in [-0.3, -0.25) is 0 Å². The predicted molar refractivity (Wildman–Crippen MR) is 70.3 cm³/mol. The van der Waals surface area contributed by atoms with E-state index in [1.165, 1.54) is 5.56 Å². The summed E-state index contributed by atoms with van der Waals surface area (Å²) in [6.45, 7) is 3.96. The number of aromatic nitrogens is 2. The van der Waals surface area contributed by atoms with E-state index in [0.29, 0.717) is 9.92 Å². The van der Waals surface area contributed by atoms with E-state index in [4.69, 9.17) is 23.8 Å². The second-order valence-corrected chi connectivity index (χ2v) is 4.12. The second kappa shape index (κ2) is 6.40. The summed E-state index contributed by atoms with van der Waals surface area (Å²) in [7, 11) is 0. The number of halogens is 1. The number of nitrogens with one attached hydrogen (secondary N) is 1. The zero-order valence-electron chi connectivity index (χ0n) is 9.20. The van der Waals surface area contributed by atoms with Crippen molar-refractivity contribution in [3.63, 3.8) is 0 Å². The number of aryl methyl sites for hydroxylation is 2. The highest BCUT2D eigenvalue weighted by molar-refractivity contribution is 7.71. The van der Waals surface area contributed by atoms with Gasteiger partial charge in [0, 0.05) is 5.69 Å². The highest BCUT2D eigenvalue weighted by Crippen LogP contribution is 2.02. The van der Waals surface area contributed by atoms with Crippen LogP contribution in [0.2, 0.25) is 5.15 Å². The molecule has 0 aliphatic rings. The van der Waals surface area contributed by atoms with Gasteiger partial charge >= 0.3 is 0 Å². The topological polar surface area (TPSA) is 28.7 Å². The fourth-order valence-electron chi connectivity index (χ4n) is 1.08. The third-order valence-electron chi connectivity index (χ3n) is 1.79. The molecule has 2 aromatic rings. The van der Waals surface area contributed by atoms with Crippen molar-refractivity contribution in [2.75, 3.05) is 0 Å². The maximum absolute atomic E-state index is 5.55. The molecule has 1 N–H and O–H groups in total. The van der Waals surface area contributed by atoms with Crippen molar-refractivity contribution in [1.29, 1.82) is 0 Å². The Morgan fingerprint density at radius 2 is 1.81 bits per heavy atom. The molecular formula is C12H13ClN2S. The van der Waals surface area contributed by atoms with Crippen molar-refractivity contribution < 1.29 is 0 Å². The Kier molecular flexibility index (Phi) is 5.15. The number of benzene rings is 1. The first kappa shape index (κ1) is 12.9. The van der Waals surface area contributed by atoms with Gasteiger partial charge < -0.3 is 4.98 Å². The van der Waals surface area contributed by atoms with Gasteiger partial charge in [-0.15, -0.1) is 0 Å². The molecule has 16 heavy (non-hydrogen) atoms. The zero-order chi connectivity index (χ0) is 12.0. The minimum absolute atomic E-state index is 0.431. The Bertz CT molecular complexity index is 471. The Hall–Kier alpha value is -1.19. The Morgan fingerprint density at radius 3 is 2.19 bits per heavy atom. The molecule has 2 nitrogen and oxygen atoms in total. The van der Waals surface area contributed by atoms with Crippen molar-refractivity contribution in [3.8, 4) is 0 Å². The SMILES string of the molecule is Cc1cc(Cl)nc(=S)[nH]1.Cc1ccccc1. The van der Waals surface area contributed by atoms with Crippen LogP contribution in [-0.4, -0.2) is 9.97 Å². The Labute approximate surface area is 105 Å². The van der Waals surface area contributed by atoms with E-state index in [0.717, 1.165) is 5.69 Å². The summed E-state index contributed by atoms with van der Waals surface area (Å²) in [5.41, 5.74) is 2.25. The van der Waals surface area contributed by atoms with E-state index in [2.05, 4.69) is 29.0 Å². The summed E-state index contributed by atoms with van der Waals surface area (Å²) in [5, 5.41) is 0.441. The average Bonchev–Trinajstić information content (AvgIpc) is 2.17. The third kappa shape index (κ3) is 5.05. The molecule has 0 saturated heterocycles. The molecule has 1 aromatic heterocycles. The highest BCUT2D eigenvalue weighted by atomic mass is 35.5. The summed E-state index contributed by atoms with van der Waals surface area (Å²) in [6.07, 6.45) is 0. The summed E-state index contributed by atoms with van der Waals surface area (Å²) in [4.78, 5) is 6.59. The summed E-state index contributed by atoms with van der Waals surface area (Å²) < 4.78 is 0.431. The zero-order valence-corrected chi connectivity index (χ0v) is 10.8. The number of aromatic amines is 1. The van der Waals surface area contributed by atoms with Gasteiger partial charge in [-0.05, 0) is 32.1 Å². The molecular weight excluding hydrogens is 240 g/mol. The minimum Gasteiger partial charge on any atom is -0.335 e. The second-order valence-electron chi connectivity index (χ2n) is 3.35. The summed E-state index contributed by atoms with van der Waals surface area (Å²) >= 11 is 10.3. The minimum atomic E-state index is 0.431. The van der Waals surface area contributed by atoms with E-state index < -0.39 is 0 Å². The van der Waals surface area contributed by atoms with Crippen molar-refractivity contribution in [3.05, 3.63) is 57.6 Å². The molecule has 0 fully saturated rings. The molecule has 0 spiro atoms. The van der Waals surface area contributed by atoms with Crippen LogP contribution < -0.4 is 0 Å². The van der Waals surface area contributed by atoms with Gasteiger partial charge in [-0.25, -0.2) is 4.98 Å². The maximum atomic E-state index is 5.55. The van der Waals surface area contributed by atoms with Gasteiger partial charge in [0.2, 0.25) is 0 Å². The molecule has 1 heterocycles. The smallest absolute Gasteiger partial charge is 0.198 e. The largest absolute Gasteiger partial charge is 0.335 e. The van der Waals surface area contributed by atoms with Crippen LogP contribution in [0, 0.1) is 18.6 Å². The van der Waals surface area contributed by atoms with Gasteiger partial charge in [-0.2, -0.15) is 0 Å². The molecule has 4 heteroatoms. The van der Waals surface area contributed by atoms with Gasteiger partial charge in [0.1, 0.15) is 5.15 Å². The lowest BCUT2D eigenvalue weighted by Crippen LogP contribution is -1.84. The molecule has 0 radical (unpaired) electrons. The first-order valence-electron chi connectivity index (χ1n) is 4.83. The van der Waals surface area contributed by atoms with Crippen LogP contribution in [0.1, 0.15) is 11.3 Å². The fraction of sp³-hybridized carbons (Fsp3) is 0.167. The van der Waals surface area contributed by atoms with E-state index in [9.17, 15) is 0 Å². The van der Waals surface area contributed by atoms with Crippen LogP contribution in [0.25, 0.3) is 0 Å². The van der Waals surface area contributed by atoms with Crippen LogP contribution in [0.15, 0.2) is 36.4 Å². The van der Waals surface area contributed by atoms with Crippen LogP contribution in [0.4, 0.5) is 0 Å². The highest BCUT2D eigenvalue weighted by Gasteiger charge is 1.88. The average molecular weight is 253 g/mol. The number of rotatable bonds is 0. The normalized spacial score (nSPS) is 9.19. The lowest BCUT2D eigenvalue weighted by Gasteiger charge is -1.90. The molecule has 0 bridgehead atoms. The lowest BCUT2D eigenvalue weighted by atomic mass is 10.2. The van der Waals surface area contributed by atoms with E-state index in [-0.39, 0.29) is 0 Å². The molecule has 1 aromatic carbocycles. The Balaban J connectivity index is 0.000000165. The van der Waals surface area contributed by atoms with E-state index >= 15 is 0 Å². The number of hydrogen-bond acceptors (Lipinski definition) is 2. The third-order valence-corrected chi connectivity index (χ3v) is 2.18. The van der Waals surface area contributed by atoms with Crippen LogP contribution in [0.5, 0.6) is 0 Å². The van der Waals surface area contributed by atoms with Gasteiger partial charge in [-0.1, -0.05) is 47.5 Å². The standard InChI is InChI=1S/C7H8.C5H5ClN2S/c1-7-5-3-2-4-6-7;1-3-2-4(6)8-5(9)7-3/h2-6H,1H3;2H,1H3,(H,7,8,9). The lowest BCUT2D eigenvalue weighted by molar-refractivity contribution is 1.07. The van der Waals surface area contributed by atoms with E-state index in [1.807, 2.05) is 25.1 Å². The van der Waals surface area contributed by atoms with Gasteiger partial charge in [0.25, 0.3) is 0 Å². The summed E-state index contributed by atoms with van der Waals surface area (Å²) in [6, 6.07) is 12.0. The van der Waals surface area contributed by atoms with Gasteiger partial charge in [0.15, 0.2) is 4.77 Å².